The fraction of sp³-hybridized carbons (Fsp3) is 0.556. The summed E-state index contributed by atoms with van der Waals surface area (Å²) in [6, 6.07) is 0. The minimum Gasteiger partial charge on any atom is -0.402 e. The second-order valence-corrected chi connectivity index (χ2v) is 3.30. The predicted molar refractivity (Wildman–Crippen MR) is 54.0 cm³/mol. The smallest absolute Gasteiger partial charge is 0.163 e. The van der Waals surface area contributed by atoms with E-state index in [2.05, 4.69) is 6.58 Å². The number of nitrogens with zero attached hydrogens (tertiary/aromatic N) is 1. The van der Waals surface area contributed by atoms with Crippen molar-refractivity contribution in [2.24, 2.45) is 17.5 Å². The van der Waals surface area contributed by atoms with E-state index in [1.54, 1.807) is 6.92 Å². The zero-order valence-corrected chi connectivity index (χ0v) is 8.49. The highest BCUT2D eigenvalue weighted by atomic mass is 16.3. The van der Waals surface area contributed by atoms with E-state index in [1.165, 1.54) is 6.20 Å². The van der Waals surface area contributed by atoms with Crippen molar-refractivity contribution in [3.05, 3.63) is 24.0 Å². The quantitative estimate of drug-likeness (QED) is 0.339. The zero-order valence-electron chi connectivity index (χ0n) is 8.49. The van der Waals surface area contributed by atoms with Crippen LogP contribution in [0.5, 0.6) is 0 Å². The van der Waals surface area contributed by atoms with Crippen LogP contribution in [0.15, 0.2) is 24.0 Å². The first kappa shape index (κ1) is 12.0. The summed E-state index contributed by atoms with van der Waals surface area (Å²) < 4.78 is 0. The van der Waals surface area contributed by atoms with Crippen molar-refractivity contribution in [2.45, 2.75) is 27.0 Å². The van der Waals surface area contributed by atoms with Gasteiger partial charge >= 0.3 is 0 Å². The van der Waals surface area contributed by atoms with Crippen LogP contribution < -0.4 is 11.6 Å². The average Bonchev–Trinajstić information content (AvgIpc) is 2.12. The van der Waals surface area contributed by atoms with Crippen LogP contribution in [0.25, 0.3) is 0 Å². The van der Waals surface area contributed by atoms with Gasteiger partial charge in [-0.3, -0.25) is 5.01 Å². The van der Waals surface area contributed by atoms with Gasteiger partial charge in [0, 0.05) is 11.9 Å². The van der Waals surface area contributed by atoms with Gasteiger partial charge in [0.05, 0.1) is 0 Å². The molecule has 0 rings (SSSR count). The van der Waals surface area contributed by atoms with E-state index in [0.717, 1.165) is 5.01 Å². The maximum Gasteiger partial charge on any atom is 0.163 e. The second kappa shape index (κ2) is 4.89. The third-order valence-electron chi connectivity index (χ3n) is 1.96. The van der Waals surface area contributed by atoms with Crippen LogP contribution in [-0.4, -0.2) is 16.3 Å². The van der Waals surface area contributed by atoms with Gasteiger partial charge in [0.25, 0.3) is 0 Å². The Balaban J connectivity index is 4.66. The zero-order chi connectivity index (χ0) is 10.6. The Morgan fingerprint density at radius 2 is 2.00 bits per heavy atom. The molecule has 76 valence electrons. The minimum atomic E-state index is -0.889. The fourth-order valence-corrected chi connectivity index (χ4v) is 0.928. The van der Waals surface area contributed by atoms with Gasteiger partial charge in [-0.2, -0.15) is 0 Å². The molecule has 0 aromatic rings. The Bertz CT molecular complexity index is 211. The van der Waals surface area contributed by atoms with Crippen LogP contribution in [0.2, 0.25) is 0 Å². The third-order valence-corrected chi connectivity index (χ3v) is 1.96. The fourth-order valence-electron chi connectivity index (χ4n) is 0.928. The number of nitrogens with two attached hydrogens (primary N) is 2. The van der Waals surface area contributed by atoms with Crippen LogP contribution >= 0.6 is 0 Å². The Hall–Kier alpha value is -1.00. The lowest BCUT2D eigenvalue weighted by molar-refractivity contribution is 0.0682. The van der Waals surface area contributed by atoms with Crippen LogP contribution in [0.3, 0.4) is 0 Å². The average molecular weight is 185 g/mol. The predicted octanol–water partition coefficient (Wildman–Crippen LogP) is 0.513. The molecule has 0 spiro atoms. The van der Waals surface area contributed by atoms with Crippen molar-refractivity contribution in [3.63, 3.8) is 0 Å². The summed E-state index contributed by atoms with van der Waals surface area (Å²) in [6.07, 6.45) is 0.460. The van der Waals surface area contributed by atoms with Crippen molar-refractivity contribution >= 4 is 0 Å². The highest BCUT2D eigenvalue weighted by molar-refractivity contribution is 5.14. The van der Waals surface area contributed by atoms with E-state index in [1.807, 2.05) is 13.8 Å². The number of allylic oxidation sites excluding steroid dienone is 1. The van der Waals surface area contributed by atoms with E-state index < -0.39 is 6.23 Å². The third kappa shape index (κ3) is 3.08. The second-order valence-electron chi connectivity index (χ2n) is 3.30. The number of aliphatic hydroxyl groups excluding tert-OH is 1. The molecule has 0 aliphatic rings. The molecule has 0 heterocycles. The van der Waals surface area contributed by atoms with Crippen molar-refractivity contribution in [2.75, 3.05) is 0 Å². The Kier molecular flexibility index (Phi) is 4.51. The van der Waals surface area contributed by atoms with Gasteiger partial charge < -0.3 is 10.8 Å². The van der Waals surface area contributed by atoms with Gasteiger partial charge in [-0.1, -0.05) is 20.4 Å². The van der Waals surface area contributed by atoms with E-state index in [9.17, 15) is 5.11 Å². The highest BCUT2D eigenvalue weighted by Gasteiger charge is 2.14. The van der Waals surface area contributed by atoms with Crippen molar-refractivity contribution in [1.29, 1.82) is 0 Å². The first-order valence-electron chi connectivity index (χ1n) is 4.21. The van der Waals surface area contributed by atoms with Gasteiger partial charge in [0.1, 0.15) is 0 Å². The Morgan fingerprint density at radius 1 is 1.54 bits per heavy atom. The van der Waals surface area contributed by atoms with Crippen LogP contribution in [0, 0.1) is 5.92 Å². The monoisotopic (exact) mass is 185 g/mol. The molecule has 0 amide bonds. The molecular formula is C9H19N3O. The summed E-state index contributed by atoms with van der Waals surface area (Å²) in [4.78, 5) is 0. The van der Waals surface area contributed by atoms with Crippen molar-refractivity contribution in [3.8, 4) is 0 Å². The van der Waals surface area contributed by atoms with Gasteiger partial charge in [0.2, 0.25) is 0 Å². The summed E-state index contributed by atoms with van der Waals surface area (Å²) in [6.45, 7) is 9.12. The molecular weight excluding hydrogens is 166 g/mol. The lowest BCUT2D eigenvalue weighted by Crippen LogP contribution is -2.38. The van der Waals surface area contributed by atoms with Gasteiger partial charge in [-0.25, -0.2) is 5.84 Å². The summed E-state index contributed by atoms with van der Waals surface area (Å²) in [7, 11) is 0. The lowest BCUT2D eigenvalue weighted by atomic mass is 10.1. The molecule has 0 saturated carbocycles. The molecule has 0 unspecified atom stereocenters. The summed E-state index contributed by atoms with van der Waals surface area (Å²) in [5.41, 5.74) is 7.08. The largest absolute Gasteiger partial charge is 0.402 e. The molecule has 0 radical (unpaired) electrons. The lowest BCUT2D eigenvalue weighted by Gasteiger charge is -2.23. The number of aliphatic hydroxyl groups is 1. The van der Waals surface area contributed by atoms with Crippen LogP contribution in [0.1, 0.15) is 20.8 Å². The minimum absolute atomic E-state index is 0.202. The molecule has 0 aliphatic heterocycles. The maximum absolute atomic E-state index is 9.60. The summed E-state index contributed by atoms with van der Waals surface area (Å²) >= 11 is 0. The summed E-state index contributed by atoms with van der Waals surface area (Å²) in [5, 5.41) is 10.7. The molecule has 0 bridgehead atoms. The number of hydrogen-bond acceptors (Lipinski definition) is 4. The molecule has 0 fully saturated rings. The number of hydrogen-bond donors (Lipinski definition) is 3. The van der Waals surface area contributed by atoms with Gasteiger partial charge in [0.15, 0.2) is 6.23 Å². The Morgan fingerprint density at radius 3 is 2.31 bits per heavy atom. The molecule has 5 N–H and O–H groups in total. The Labute approximate surface area is 79.5 Å². The SMILES string of the molecule is C=CN(N)[C@@H](O)/C(C)=C(\N)C(C)C. The molecule has 4 nitrogen and oxygen atoms in total. The molecule has 13 heavy (non-hydrogen) atoms. The molecule has 0 aromatic carbocycles. The topological polar surface area (TPSA) is 75.5 Å². The molecule has 1 atom stereocenters. The van der Waals surface area contributed by atoms with E-state index in [-0.39, 0.29) is 5.92 Å². The van der Waals surface area contributed by atoms with E-state index >= 15 is 0 Å². The van der Waals surface area contributed by atoms with Crippen LogP contribution in [-0.2, 0) is 0 Å². The normalized spacial score (nSPS) is 15.2. The van der Waals surface area contributed by atoms with Crippen molar-refractivity contribution < 1.29 is 5.11 Å². The number of hydrazine groups is 1. The highest BCUT2D eigenvalue weighted by Crippen LogP contribution is 2.13. The molecule has 0 aliphatic carbocycles. The van der Waals surface area contributed by atoms with Gasteiger partial charge in [-0.05, 0) is 18.4 Å². The molecule has 0 saturated heterocycles. The summed E-state index contributed by atoms with van der Waals surface area (Å²) in [5.74, 6) is 5.63. The number of rotatable bonds is 4. The standard InChI is InChI=1S/C9H19N3O/c1-5-12(11)9(13)7(4)8(10)6(2)3/h5-6,9,13H,1,10-11H2,2-4H3/b8-7-/t9-/m0/s1. The van der Waals surface area contributed by atoms with Crippen LogP contribution in [0.4, 0.5) is 0 Å². The van der Waals surface area contributed by atoms with Gasteiger partial charge in [-0.15, -0.1) is 0 Å². The molecule has 0 aromatic heterocycles. The van der Waals surface area contributed by atoms with E-state index in [0.29, 0.717) is 11.3 Å². The van der Waals surface area contributed by atoms with Crippen molar-refractivity contribution in [1.82, 2.24) is 5.01 Å². The molecule has 4 heteroatoms. The first-order chi connectivity index (χ1) is 5.91. The first-order valence-corrected chi connectivity index (χ1v) is 4.21. The maximum atomic E-state index is 9.60. The van der Waals surface area contributed by atoms with E-state index in [4.69, 9.17) is 11.6 Å².